The zero-order chi connectivity index (χ0) is 33.8. The molecule has 3 N–H and O–H groups in total. The highest BCUT2D eigenvalue weighted by Gasteiger charge is 2.40. The Morgan fingerprint density at radius 3 is 2.37 bits per heavy atom. The van der Waals surface area contributed by atoms with E-state index in [0.29, 0.717) is 18.1 Å². The number of nitrogens with two attached hydrogens (primary N) is 1. The molecule has 3 aromatic rings. The molecule has 4 atom stereocenters. The third kappa shape index (κ3) is 7.56. The minimum absolute atomic E-state index is 0.00355. The zero-order valence-corrected chi connectivity index (χ0v) is 28.4. The second kappa shape index (κ2) is 15.2. The Balaban J connectivity index is 1.69. The van der Waals surface area contributed by atoms with Crippen LogP contribution in [0.15, 0.2) is 71.6 Å². The van der Waals surface area contributed by atoms with Crippen LogP contribution in [0.2, 0.25) is 10.0 Å². The lowest BCUT2D eigenvalue weighted by Crippen LogP contribution is -2.58. The third-order valence-corrected chi connectivity index (χ3v) is 11.1. The number of halogens is 3. The molecule has 0 bridgehead atoms. The molecule has 0 radical (unpaired) electrons. The number of anilines is 1. The van der Waals surface area contributed by atoms with Crippen LogP contribution in [-0.2, 0) is 26.0 Å². The number of nitrogens with zero attached hydrogens (tertiary/aromatic N) is 2. The van der Waals surface area contributed by atoms with Gasteiger partial charge in [0.2, 0.25) is 10.0 Å². The van der Waals surface area contributed by atoms with Gasteiger partial charge in [0.05, 0.1) is 23.9 Å². The third-order valence-electron chi connectivity index (χ3n) is 8.29. The van der Waals surface area contributed by atoms with E-state index in [1.807, 2.05) is 13.8 Å². The molecule has 1 aliphatic rings. The van der Waals surface area contributed by atoms with E-state index in [9.17, 15) is 18.0 Å². The molecule has 0 aliphatic carbocycles. The molecule has 0 saturated carbocycles. The molecule has 1 heterocycles. The average Bonchev–Trinajstić information content (AvgIpc) is 3.01. The number of ether oxygens (including phenoxy) is 1. The van der Waals surface area contributed by atoms with Gasteiger partial charge in [0.15, 0.2) is 0 Å². The van der Waals surface area contributed by atoms with Gasteiger partial charge >= 0.3 is 6.09 Å². The highest BCUT2D eigenvalue weighted by molar-refractivity contribution is 7.89. The minimum atomic E-state index is -4.02. The molecule has 248 valence electrons. The summed E-state index contributed by atoms with van der Waals surface area (Å²) in [7, 11) is -2.89. The summed E-state index contributed by atoms with van der Waals surface area (Å²) in [6, 6.07) is 15.0. The lowest BCUT2D eigenvalue weighted by atomic mass is 9.82. The Hall–Kier alpha value is -3.06. The average molecular weight is 694 g/mol. The molecule has 0 aromatic heterocycles. The Kier molecular flexibility index (Phi) is 11.8. The molecule has 9 nitrogen and oxygen atoms in total. The van der Waals surface area contributed by atoms with Gasteiger partial charge in [0.1, 0.15) is 10.7 Å². The number of hydrogen-bond donors (Lipinski definition) is 2. The number of imide groups is 1. The molecule has 2 amide bonds. The summed E-state index contributed by atoms with van der Waals surface area (Å²) in [5.41, 5.74) is 7.35. The van der Waals surface area contributed by atoms with Crippen molar-refractivity contribution >= 4 is 50.9 Å². The number of methoxy groups -OCH3 is 1. The minimum Gasteiger partial charge on any atom is -0.452 e. The summed E-state index contributed by atoms with van der Waals surface area (Å²) < 4.78 is 49.7. The predicted octanol–water partition coefficient (Wildman–Crippen LogP) is 5.98. The van der Waals surface area contributed by atoms with E-state index in [0.717, 1.165) is 17.6 Å². The van der Waals surface area contributed by atoms with E-state index < -0.39 is 51.9 Å². The van der Waals surface area contributed by atoms with Gasteiger partial charge in [-0.2, -0.15) is 4.31 Å². The van der Waals surface area contributed by atoms with Crippen LogP contribution in [-0.4, -0.2) is 63.0 Å². The first-order chi connectivity index (χ1) is 21.8. The van der Waals surface area contributed by atoms with Gasteiger partial charge in [-0.15, -0.1) is 0 Å². The van der Waals surface area contributed by atoms with Gasteiger partial charge in [0.25, 0.3) is 5.91 Å². The van der Waals surface area contributed by atoms with E-state index in [-0.39, 0.29) is 39.9 Å². The van der Waals surface area contributed by atoms with Crippen LogP contribution >= 0.6 is 23.2 Å². The lowest BCUT2D eigenvalue weighted by molar-refractivity contribution is -0.120. The van der Waals surface area contributed by atoms with Crippen LogP contribution in [0.4, 0.5) is 14.9 Å². The van der Waals surface area contributed by atoms with Crippen molar-refractivity contribution in [1.29, 1.82) is 0 Å². The van der Waals surface area contributed by atoms with Gasteiger partial charge < -0.3 is 15.8 Å². The van der Waals surface area contributed by atoms with E-state index in [1.54, 1.807) is 43.3 Å². The first kappa shape index (κ1) is 35.8. The van der Waals surface area contributed by atoms with Crippen molar-refractivity contribution < 1.29 is 27.1 Å². The zero-order valence-electron chi connectivity index (χ0n) is 26.1. The highest BCUT2D eigenvalue weighted by atomic mass is 35.5. The van der Waals surface area contributed by atoms with Gasteiger partial charge in [-0.25, -0.2) is 22.5 Å². The SMILES string of the molecule is COC(=O)N(C(=O)[C@@H](N)[C@@H](c1ccc(Cl)cc1)C(C)C)c1cccc(F)c1CC[C@H]1CNC[C@H](C)N1S(=O)(=O)c1ccccc1Cl. The second-order valence-corrected chi connectivity index (χ2v) is 14.3. The standard InChI is InChI=1S/C33H39Cl2FN4O5S/c1-20(2)30(22-12-14-23(34)15-13-22)31(37)32(41)39(33(42)45-4)28-10-7-9-27(36)25(28)17-16-24-19-38-18-21(3)40(24)46(43,44)29-11-6-5-8-26(29)35/h5-15,20-21,24,30-31,38H,16-19,37H2,1-4H3/t21-,24-,30+,31-/m0/s1. The monoisotopic (exact) mass is 692 g/mol. The Labute approximate surface area is 279 Å². The molecule has 13 heteroatoms. The van der Waals surface area contributed by atoms with Crippen LogP contribution in [0.5, 0.6) is 0 Å². The summed E-state index contributed by atoms with van der Waals surface area (Å²) in [6.07, 6.45) is -0.859. The van der Waals surface area contributed by atoms with Gasteiger partial charge in [-0.1, -0.05) is 67.4 Å². The smallest absolute Gasteiger partial charge is 0.420 e. The topological polar surface area (TPSA) is 122 Å². The first-order valence-corrected chi connectivity index (χ1v) is 17.2. The molecule has 1 saturated heterocycles. The maximum Gasteiger partial charge on any atom is 0.420 e. The van der Waals surface area contributed by atoms with Crippen molar-refractivity contribution in [3.8, 4) is 0 Å². The Morgan fingerprint density at radius 1 is 1.07 bits per heavy atom. The van der Waals surface area contributed by atoms with Crippen LogP contribution in [0.3, 0.4) is 0 Å². The molecule has 3 aromatic carbocycles. The second-order valence-electron chi connectivity index (χ2n) is 11.7. The number of rotatable bonds is 10. The summed E-state index contributed by atoms with van der Waals surface area (Å²) in [4.78, 5) is 28.0. The maximum atomic E-state index is 15.6. The molecule has 1 aliphatic heterocycles. The van der Waals surface area contributed by atoms with Crippen molar-refractivity contribution in [2.75, 3.05) is 25.1 Å². The number of hydrogen-bond acceptors (Lipinski definition) is 7. The number of benzene rings is 3. The maximum absolute atomic E-state index is 15.6. The Morgan fingerprint density at radius 2 is 1.74 bits per heavy atom. The number of sulfonamides is 1. The van der Waals surface area contributed by atoms with Crippen LogP contribution in [0.25, 0.3) is 0 Å². The molecule has 0 spiro atoms. The van der Waals surface area contributed by atoms with Crippen molar-refractivity contribution in [3.63, 3.8) is 0 Å². The molecular formula is C33H39Cl2FN4O5S. The normalized spacial score (nSPS) is 18.6. The van der Waals surface area contributed by atoms with E-state index in [2.05, 4.69) is 5.32 Å². The molecular weight excluding hydrogens is 654 g/mol. The van der Waals surface area contributed by atoms with E-state index in [4.69, 9.17) is 33.7 Å². The molecule has 46 heavy (non-hydrogen) atoms. The van der Waals surface area contributed by atoms with Crippen LogP contribution in [0, 0.1) is 11.7 Å². The largest absolute Gasteiger partial charge is 0.452 e. The summed E-state index contributed by atoms with van der Waals surface area (Å²) in [5.74, 6) is -2.06. The summed E-state index contributed by atoms with van der Waals surface area (Å²) in [5, 5.41) is 3.87. The van der Waals surface area contributed by atoms with E-state index >= 15 is 4.39 Å². The first-order valence-electron chi connectivity index (χ1n) is 15.0. The van der Waals surface area contributed by atoms with Gasteiger partial charge in [-0.05, 0) is 67.6 Å². The fraction of sp³-hybridized carbons (Fsp3) is 0.394. The quantitative estimate of drug-likeness (QED) is 0.268. The number of carbonyl (C=O) groups is 2. The Bertz CT molecular complexity index is 1660. The fourth-order valence-corrected chi connectivity index (χ4v) is 8.60. The van der Waals surface area contributed by atoms with Gasteiger partial charge in [0, 0.05) is 41.7 Å². The molecule has 0 unspecified atom stereocenters. The van der Waals surface area contributed by atoms with Crippen LogP contribution in [0.1, 0.15) is 44.2 Å². The molecule has 4 rings (SSSR count). The number of piperazine rings is 1. The molecule has 1 fully saturated rings. The number of nitrogens with one attached hydrogen (secondary N) is 1. The number of carbonyl (C=O) groups excluding carboxylic acids is 2. The fourth-order valence-electron chi connectivity index (χ4n) is 6.14. The predicted molar refractivity (Wildman–Crippen MR) is 178 cm³/mol. The van der Waals surface area contributed by atoms with E-state index in [1.165, 1.54) is 34.6 Å². The van der Waals surface area contributed by atoms with Crippen molar-refractivity contribution in [3.05, 3.63) is 93.7 Å². The van der Waals surface area contributed by atoms with Crippen molar-refractivity contribution in [1.82, 2.24) is 9.62 Å². The lowest BCUT2D eigenvalue weighted by Gasteiger charge is -2.40. The highest BCUT2D eigenvalue weighted by Crippen LogP contribution is 2.34. The number of amides is 2. The van der Waals surface area contributed by atoms with Crippen molar-refractivity contribution in [2.24, 2.45) is 11.7 Å². The summed E-state index contributed by atoms with van der Waals surface area (Å²) in [6.45, 7) is 6.32. The summed E-state index contributed by atoms with van der Waals surface area (Å²) >= 11 is 12.4. The van der Waals surface area contributed by atoms with Gasteiger partial charge in [-0.3, -0.25) is 4.79 Å². The van der Waals surface area contributed by atoms with Crippen molar-refractivity contribution in [2.45, 2.75) is 62.6 Å². The van der Waals surface area contributed by atoms with Crippen LogP contribution < -0.4 is 16.0 Å².